The van der Waals surface area contributed by atoms with Gasteiger partial charge in [-0.15, -0.1) is 11.8 Å². The van der Waals surface area contributed by atoms with E-state index >= 15 is 0 Å². The summed E-state index contributed by atoms with van der Waals surface area (Å²) >= 11 is 5.22. The maximum Gasteiger partial charge on any atom is 0.193 e. The highest BCUT2D eigenvalue weighted by Gasteiger charge is 2.04. The van der Waals surface area contributed by atoms with Gasteiger partial charge in [0.2, 0.25) is 0 Å². The molecule has 0 bridgehead atoms. The maximum atomic E-state index is 5.93. The molecule has 0 saturated carbocycles. The summed E-state index contributed by atoms with van der Waals surface area (Å²) in [5.74, 6) is 1.23. The highest BCUT2D eigenvalue weighted by molar-refractivity contribution is 9.10. The van der Waals surface area contributed by atoms with Gasteiger partial charge in [-0.3, -0.25) is 4.99 Å². The Morgan fingerprint density at radius 3 is 2.48 bits per heavy atom. The van der Waals surface area contributed by atoms with E-state index in [1.54, 1.807) is 18.9 Å². The third-order valence-corrected chi connectivity index (χ3v) is 4.66. The molecule has 3 N–H and O–H groups in total. The average Bonchev–Trinajstić information content (AvgIpc) is 2.56. The van der Waals surface area contributed by atoms with Gasteiger partial charge in [0, 0.05) is 20.3 Å². The van der Waals surface area contributed by atoms with Crippen LogP contribution in [0.15, 0.2) is 62.9 Å². The highest BCUT2D eigenvalue weighted by atomic mass is 79.9. The number of aliphatic imine (C=N–C) groups is 1. The monoisotopic (exact) mass is 393 g/mol. The standard InChI is InChI=1S/C17H20BrN3OS/c1-12(23-16-9-3-13(18)4-10-16)11-20-17(19)21-14-5-7-15(22-2)8-6-14/h3-10,12H,11H2,1-2H3,(H3,19,20,21). The van der Waals surface area contributed by atoms with E-state index in [4.69, 9.17) is 10.5 Å². The van der Waals surface area contributed by atoms with Crippen LogP contribution in [-0.2, 0) is 0 Å². The Balaban J connectivity index is 1.84. The number of rotatable bonds is 6. The third kappa shape index (κ3) is 6.15. The Morgan fingerprint density at radius 1 is 1.22 bits per heavy atom. The molecule has 6 heteroatoms. The minimum Gasteiger partial charge on any atom is -0.497 e. The van der Waals surface area contributed by atoms with E-state index in [9.17, 15) is 0 Å². The number of halogens is 1. The van der Waals surface area contributed by atoms with Crippen LogP contribution in [-0.4, -0.2) is 24.9 Å². The number of nitrogens with zero attached hydrogens (tertiary/aromatic N) is 1. The maximum absolute atomic E-state index is 5.93. The predicted molar refractivity (Wildman–Crippen MR) is 103 cm³/mol. The van der Waals surface area contributed by atoms with Crippen LogP contribution in [0.4, 0.5) is 5.69 Å². The molecule has 23 heavy (non-hydrogen) atoms. The summed E-state index contributed by atoms with van der Waals surface area (Å²) in [4.78, 5) is 5.62. The molecular formula is C17H20BrN3OS. The van der Waals surface area contributed by atoms with Gasteiger partial charge < -0.3 is 15.8 Å². The van der Waals surface area contributed by atoms with Crippen LogP contribution in [0.2, 0.25) is 0 Å². The molecule has 0 aliphatic rings. The fraction of sp³-hybridized carbons (Fsp3) is 0.235. The van der Waals surface area contributed by atoms with Gasteiger partial charge in [0.1, 0.15) is 5.75 Å². The number of nitrogens with one attached hydrogen (secondary N) is 1. The summed E-state index contributed by atoms with van der Waals surface area (Å²) in [5, 5.41) is 3.42. The van der Waals surface area contributed by atoms with Crippen molar-refractivity contribution in [3.63, 3.8) is 0 Å². The molecule has 0 spiro atoms. The van der Waals surface area contributed by atoms with Crippen LogP contribution >= 0.6 is 27.7 Å². The predicted octanol–water partition coefficient (Wildman–Crippen LogP) is 4.37. The number of nitrogens with two attached hydrogens (primary N) is 1. The minimum absolute atomic E-state index is 0.340. The summed E-state index contributed by atoms with van der Waals surface area (Å²) in [6, 6.07) is 15.8. The number of guanidine groups is 1. The van der Waals surface area contributed by atoms with Gasteiger partial charge in [-0.25, -0.2) is 0 Å². The Kier molecular flexibility index (Phi) is 6.80. The molecule has 1 atom stereocenters. The Bertz CT molecular complexity index is 644. The summed E-state index contributed by atoms with van der Waals surface area (Å²) in [6.45, 7) is 2.78. The summed E-state index contributed by atoms with van der Waals surface area (Å²) in [5.41, 5.74) is 6.82. The first-order valence-corrected chi connectivity index (χ1v) is 8.87. The number of thioether (sulfide) groups is 1. The molecule has 0 amide bonds. The van der Waals surface area contributed by atoms with Crippen LogP contribution in [0, 0.1) is 0 Å². The van der Waals surface area contributed by atoms with Crippen LogP contribution < -0.4 is 15.8 Å². The highest BCUT2D eigenvalue weighted by Crippen LogP contribution is 2.25. The Labute approximate surface area is 149 Å². The first-order valence-electron chi connectivity index (χ1n) is 7.20. The van der Waals surface area contributed by atoms with E-state index in [2.05, 4.69) is 45.3 Å². The molecule has 122 valence electrons. The normalized spacial score (nSPS) is 12.7. The minimum atomic E-state index is 0.340. The average molecular weight is 394 g/mol. The number of methoxy groups -OCH3 is 1. The first kappa shape index (κ1) is 17.7. The van der Waals surface area contributed by atoms with Crippen molar-refractivity contribution in [1.82, 2.24) is 0 Å². The van der Waals surface area contributed by atoms with E-state index in [0.29, 0.717) is 17.8 Å². The summed E-state index contributed by atoms with van der Waals surface area (Å²) in [7, 11) is 1.64. The van der Waals surface area contributed by atoms with Crippen molar-refractivity contribution in [3.05, 3.63) is 53.0 Å². The Morgan fingerprint density at radius 2 is 1.87 bits per heavy atom. The van der Waals surface area contributed by atoms with E-state index in [0.717, 1.165) is 15.9 Å². The Hall–Kier alpha value is -1.66. The molecule has 2 rings (SSSR count). The van der Waals surface area contributed by atoms with Gasteiger partial charge in [0.05, 0.1) is 13.7 Å². The summed E-state index contributed by atoms with van der Waals surface area (Å²) in [6.07, 6.45) is 0. The van der Waals surface area contributed by atoms with E-state index in [-0.39, 0.29) is 0 Å². The van der Waals surface area contributed by atoms with Crippen molar-refractivity contribution < 1.29 is 4.74 Å². The molecule has 1 unspecified atom stereocenters. The van der Waals surface area contributed by atoms with Crippen LogP contribution in [0.1, 0.15) is 6.92 Å². The summed E-state index contributed by atoms with van der Waals surface area (Å²) < 4.78 is 6.21. The van der Waals surface area contributed by atoms with Crippen molar-refractivity contribution >= 4 is 39.3 Å². The zero-order chi connectivity index (χ0) is 16.7. The van der Waals surface area contributed by atoms with Gasteiger partial charge in [-0.2, -0.15) is 0 Å². The quantitative estimate of drug-likeness (QED) is 0.434. The number of hydrogen-bond acceptors (Lipinski definition) is 3. The molecule has 4 nitrogen and oxygen atoms in total. The lowest BCUT2D eigenvalue weighted by atomic mass is 10.3. The van der Waals surface area contributed by atoms with E-state index in [1.807, 2.05) is 36.4 Å². The van der Waals surface area contributed by atoms with Crippen LogP contribution in [0.3, 0.4) is 0 Å². The number of benzene rings is 2. The molecule has 0 aliphatic carbocycles. The van der Waals surface area contributed by atoms with Crippen molar-refractivity contribution in [2.45, 2.75) is 17.1 Å². The van der Waals surface area contributed by atoms with Crippen molar-refractivity contribution in [3.8, 4) is 5.75 Å². The SMILES string of the molecule is COc1ccc(NC(N)=NCC(C)Sc2ccc(Br)cc2)cc1. The first-order chi connectivity index (χ1) is 11.1. The molecule has 2 aromatic carbocycles. The van der Waals surface area contributed by atoms with Crippen LogP contribution in [0.5, 0.6) is 5.75 Å². The van der Waals surface area contributed by atoms with Crippen molar-refractivity contribution in [1.29, 1.82) is 0 Å². The second-order valence-electron chi connectivity index (χ2n) is 4.96. The molecule has 0 fully saturated rings. The fourth-order valence-electron chi connectivity index (χ4n) is 1.87. The van der Waals surface area contributed by atoms with Crippen LogP contribution in [0.25, 0.3) is 0 Å². The molecule has 0 aromatic heterocycles. The second-order valence-corrected chi connectivity index (χ2v) is 7.39. The van der Waals surface area contributed by atoms with E-state index < -0.39 is 0 Å². The molecule has 0 heterocycles. The number of ether oxygens (including phenoxy) is 1. The molecule has 0 saturated heterocycles. The molecule has 2 aromatic rings. The van der Waals surface area contributed by atoms with Gasteiger partial charge in [0.15, 0.2) is 5.96 Å². The van der Waals surface area contributed by atoms with Gasteiger partial charge in [-0.05, 0) is 48.5 Å². The lowest BCUT2D eigenvalue weighted by Gasteiger charge is -2.10. The lowest BCUT2D eigenvalue weighted by molar-refractivity contribution is 0.415. The zero-order valence-corrected chi connectivity index (χ0v) is 15.5. The van der Waals surface area contributed by atoms with Crippen molar-refractivity contribution in [2.24, 2.45) is 10.7 Å². The van der Waals surface area contributed by atoms with E-state index in [1.165, 1.54) is 4.90 Å². The molecule has 0 aliphatic heterocycles. The molecule has 0 radical (unpaired) electrons. The number of anilines is 1. The van der Waals surface area contributed by atoms with Gasteiger partial charge in [-0.1, -0.05) is 22.9 Å². The van der Waals surface area contributed by atoms with Gasteiger partial charge in [0.25, 0.3) is 0 Å². The largest absolute Gasteiger partial charge is 0.497 e. The lowest BCUT2D eigenvalue weighted by Crippen LogP contribution is -2.23. The topological polar surface area (TPSA) is 59.6 Å². The molecular weight excluding hydrogens is 374 g/mol. The zero-order valence-electron chi connectivity index (χ0n) is 13.1. The smallest absolute Gasteiger partial charge is 0.193 e. The number of hydrogen-bond donors (Lipinski definition) is 2. The third-order valence-electron chi connectivity index (χ3n) is 3.03. The van der Waals surface area contributed by atoms with Crippen molar-refractivity contribution in [2.75, 3.05) is 19.0 Å². The van der Waals surface area contributed by atoms with Gasteiger partial charge >= 0.3 is 0 Å². The fourth-order valence-corrected chi connectivity index (χ4v) is 3.04. The second kappa shape index (κ2) is 8.84.